The number of hydrogen-bond acceptors (Lipinski definition) is 1. The molecular weight excluding hydrogens is 172 g/mol. The zero-order valence-electron chi connectivity index (χ0n) is 8.57. The predicted octanol–water partition coefficient (Wildman–Crippen LogP) is 3.20. The van der Waals surface area contributed by atoms with E-state index >= 15 is 0 Å². The summed E-state index contributed by atoms with van der Waals surface area (Å²) >= 11 is 0. The van der Waals surface area contributed by atoms with E-state index in [0.717, 1.165) is 11.7 Å². The molecule has 1 atom stereocenters. The molecule has 0 aromatic heterocycles. The van der Waals surface area contributed by atoms with Gasteiger partial charge in [-0.05, 0) is 42.9 Å². The first-order valence-corrected chi connectivity index (χ1v) is 5.18. The second kappa shape index (κ2) is 4.32. The molecule has 1 aliphatic carbocycles. The number of rotatable bonds is 3. The van der Waals surface area contributed by atoms with Gasteiger partial charge in [-0.1, -0.05) is 24.3 Å². The Kier molecular flexibility index (Phi) is 2.87. The van der Waals surface area contributed by atoms with E-state index in [1.165, 1.54) is 24.8 Å². The van der Waals surface area contributed by atoms with Crippen LogP contribution in [0.25, 0.3) is 0 Å². The van der Waals surface area contributed by atoms with Gasteiger partial charge in [0.25, 0.3) is 0 Å². The van der Waals surface area contributed by atoms with E-state index in [0.29, 0.717) is 0 Å². The molecule has 0 aliphatic heterocycles. The van der Waals surface area contributed by atoms with Crippen LogP contribution in [-0.2, 0) is 6.42 Å². The fourth-order valence-electron chi connectivity index (χ4n) is 1.93. The normalized spacial score (nSPS) is 19.9. The quantitative estimate of drug-likeness (QED) is 0.662. The van der Waals surface area contributed by atoms with Gasteiger partial charge in [-0.2, -0.15) is 0 Å². The summed E-state index contributed by atoms with van der Waals surface area (Å²) in [6, 6.07) is 8.39. The topological polar surface area (TPSA) is 9.23 Å². The minimum absolute atomic E-state index is 0.753. The van der Waals surface area contributed by atoms with Gasteiger partial charge < -0.3 is 4.74 Å². The monoisotopic (exact) mass is 188 g/mol. The average Bonchev–Trinajstić information content (AvgIpc) is 2.72. The number of methoxy groups -OCH3 is 1. The van der Waals surface area contributed by atoms with Crippen molar-refractivity contribution < 1.29 is 4.74 Å². The van der Waals surface area contributed by atoms with Crippen molar-refractivity contribution in [2.45, 2.75) is 19.3 Å². The van der Waals surface area contributed by atoms with Gasteiger partial charge in [0, 0.05) is 0 Å². The zero-order valence-corrected chi connectivity index (χ0v) is 8.57. The second-order valence-electron chi connectivity index (χ2n) is 3.82. The largest absolute Gasteiger partial charge is 0.497 e. The van der Waals surface area contributed by atoms with E-state index in [2.05, 4.69) is 24.3 Å². The maximum atomic E-state index is 5.13. The molecule has 14 heavy (non-hydrogen) atoms. The predicted molar refractivity (Wildman–Crippen MR) is 58.6 cm³/mol. The van der Waals surface area contributed by atoms with Crippen LogP contribution in [0.1, 0.15) is 18.4 Å². The third-order valence-electron chi connectivity index (χ3n) is 2.77. The van der Waals surface area contributed by atoms with Crippen molar-refractivity contribution in [3.8, 4) is 5.75 Å². The van der Waals surface area contributed by atoms with E-state index in [9.17, 15) is 0 Å². The highest BCUT2D eigenvalue weighted by Gasteiger charge is 2.09. The van der Waals surface area contributed by atoms with Crippen LogP contribution < -0.4 is 4.74 Å². The lowest BCUT2D eigenvalue weighted by Crippen LogP contribution is -1.97. The van der Waals surface area contributed by atoms with E-state index in [1.54, 1.807) is 7.11 Å². The van der Waals surface area contributed by atoms with Crippen LogP contribution in [0.15, 0.2) is 36.4 Å². The summed E-state index contributed by atoms with van der Waals surface area (Å²) in [5.41, 5.74) is 1.40. The van der Waals surface area contributed by atoms with Crippen LogP contribution in [0.3, 0.4) is 0 Å². The molecule has 1 nitrogen and oxygen atoms in total. The van der Waals surface area contributed by atoms with Gasteiger partial charge in [0.05, 0.1) is 7.11 Å². The van der Waals surface area contributed by atoms with Crippen LogP contribution in [0.4, 0.5) is 0 Å². The first-order valence-electron chi connectivity index (χ1n) is 5.18. The van der Waals surface area contributed by atoms with Crippen LogP contribution in [0.5, 0.6) is 5.75 Å². The third-order valence-corrected chi connectivity index (χ3v) is 2.77. The fraction of sp³-hybridized carbons (Fsp3) is 0.385. The van der Waals surface area contributed by atoms with Crippen molar-refractivity contribution in [2.75, 3.05) is 7.11 Å². The molecule has 0 N–H and O–H groups in total. The zero-order chi connectivity index (χ0) is 9.80. The molecule has 0 fully saturated rings. The van der Waals surface area contributed by atoms with Gasteiger partial charge >= 0.3 is 0 Å². The molecule has 0 heterocycles. The van der Waals surface area contributed by atoms with Crippen molar-refractivity contribution in [1.82, 2.24) is 0 Å². The Morgan fingerprint density at radius 2 is 2.07 bits per heavy atom. The highest BCUT2D eigenvalue weighted by molar-refractivity contribution is 5.27. The summed E-state index contributed by atoms with van der Waals surface area (Å²) in [6.45, 7) is 0. The summed E-state index contributed by atoms with van der Waals surface area (Å²) in [5.74, 6) is 1.69. The SMILES string of the molecule is COc1ccc(C[C@H]2C=CCC2)cc1. The maximum absolute atomic E-state index is 5.13. The lowest BCUT2D eigenvalue weighted by Gasteiger charge is -2.07. The van der Waals surface area contributed by atoms with Gasteiger partial charge in [0.1, 0.15) is 5.75 Å². The van der Waals surface area contributed by atoms with E-state index in [-0.39, 0.29) is 0 Å². The molecule has 1 heteroatoms. The minimum atomic E-state index is 0.753. The minimum Gasteiger partial charge on any atom is -0.497 e. The Hall–Kier alpha value is -1.24. The number of benzene rings is 1. The first kappa shape index (κ1) is 9.32. The molecule has 0 saturated heterocycles. The van der Waals surface area contributed by atoms with E-state index in [4.69, 9.17) is 4.74 Å². The van der Waals surface area contributed by atoms with Crippen LogP contribution in [0.2, 0.25) is 0 Å². The molecule has 0 bridgehead atoms. The van der Waals surface area contributed by atoms with Gasteiger partial charge in [-0.3, -0.25) is 0 Å². The highest BCUT2D eigenvalue weighted by atomic mass is 16.5. The number of hydrogen-bond donors (Lipinski definition) is 0. The molecule has 1 aliphatic rings. The van der Waals surface area contributed by atoms with Crippen LogP contribution >= 0.6 is 0 Å². The molecule has 0 spiro atoms. The van der Waals surface area contributed by atoms with Crippen LogP contribution in [0, 0.1) is 5.92 Å². The highest BCUT2D eigenvalue weighted by Crippen LogP contribution is 2.22. The van der Waals surface area contributed by atoms with Crippen LogP contribution in [-0.4, -0.2) is 7.11 Å². The smallest absolute Gasteiger partial charge is 0.118 e. The molecular formula is C13H16O. The second-order valence-corrected chi connectivity index (χ2v) is 3.82. The van der Waals surface area contributed by atoms with Gasteiger partial charge in [-0.25, -0.2) is 0 Å². The summed E-state index contributed by atoms with van der Waals surface area (Å²) in [6.07, 6.45) is 8.35. The van der Waals surface area contributed by atoms with Crippen molar-refractivity contribution in [1.29, 1.82) is 0 Å². The summed E-state index contributed by atoms with van der Waals surface area (Å²) in [7, 11) is 1.70. The Morgan fingerprint density at radius 1 is 1.29 bits per heavy atom. The Bertz CT molecular complexity index is 311. The lowest BCUT2D eigenvalue weighted by atomic mass is 9.99. The lowest BCUT2D eigenvalue weighted by molar-refractivity contribution is 0.414. The van der Waals surface area contributed by atoms with Crippen molar-refractivity contribution in [3.05, 3.63) is 42.0 Å². The Morgan fingerprint density at radius 3 is 2.64 bits per heavy atom. The van der Waals surface area contributed by atoms with E-state index in [1.807, 2.05) is 12.1 Å². The molecule has 2 rings (SSSR count). The molecule has 0 unspecified atom stereocenters. The molecule has 74 valence electrons. The molecule has 0 amide bonds. The first-order chi connectivity index (χ1) is 6.88. The Labute approximate surface area is 85.4 Å². The maximum Gasteiger partial charge on any atom is 0.118 e. The number of ether oxygens (including phenoxy) is 1. The summed E-state index contributed by atoms with van der Waals surface area (Å²) in [5, 5.41) is 0. The van der Waals surface area contributed by atoms with Crippen molar-refractivity contribution in [2.24, 2.45) is 5.92 Å². The summed E-state index contributed by atoms with van der Waals surface area (Å²) in [4.78, 5) is 0. The standard InChI is InChI=1S/C13H16O/c1-14-13-8-6-12(7-9-13)10-11-4-2-3-5-11/h2,4,6-9,11H,3,5,10H2,1H3/t11-/m0/s1. The molecule has 1 aromatic carbocycles. The third kappa shape index (κ3) is 2.16. The molecule has 0 radical (unpaired) electrons. The van der Waals surface area contributed by atoms with Crippen molar-refractivity contribution >= 4 is 0 Å². The average molecular weight is 188 g/mol. The summed E-state index contributed by atoms with van der Waals surface area (Å²) < 4.78 is 5.13. The number of allylic oxidation sites excluding steroid dienone is 2. The fourth-order valence-corrected chi connectivity index (χ4v) is 1.93. The molecule has 1 aromatic rings. The Balaban J connectivity index is 1.99. The van der Waals surface area contributed by atoms with Gasteiger partial charge in [0.2, 0.25) is 0 Å². The molecule has 0 saturated carbocycles. The van der Waals surface area contributed by atoms with Gasteiger partial charge in [-0.15, -0.1) is 0 Å². The van der Waals surface area contributed by atoms with Gasteiger partial charge in [0.15, 0.2) is 0 Å². The van der Waals surface area contributed by atoms with Crippen molar-refractivity contribution in [3.63, 3.8) is 0 Å². The van der Waals surface area contributed by atoms with E-state index < -0.39 is 0 Å².